The van der Waals surface area contributed by atoms with Crippen LogP contribution in [0.4, 0.5) is 5.69 Å². The molecule has 0 aromatic heterocycles. The van der Waals surface area contributed by atoms with Crippen LogP contribution in [0.1, 0.15) is 43.4 Å². The standard InChI is InChI=1S/C32H41N3O6S/c1-7-8-19-33-32(37)25(4)34(21-26-12-10-9-11-24(26)3)31(36)22-35(27-15-18-29(40-5)30(20-27)41-6)42(38,39)28-16-13-23(2)14-17-28/h9-18,20,25H,7-8,19,21-22H2,1-6H3,(H,33,37)/t25-/m1/s1. The molecule has 1 atom stereocenters. The lowest BCUT2D eigenvalue weighted by atomic mass is 10.1. The van der Waals surface area contributed by atoms with Gasteiger partial charge in [0.05, 0.1) is 24.8 Å². The van der Waals surface area contributed by atoms with E-state index in [-0.39, 0.29) is 23.0 Å². The molecule has 0 aliphatic heterocycles. The Kier molecular flexibility index (Phi) is 11.4. The first-order valence-electron chi connectivity index (χ1n) is 14.0. The number of nitrogens with zero attached hydrogens (tertiary/aromatic N) is 2. The molecule has 0 radical (unpaired) electrons. The van der Waals surface area contributed by atoms with Crippen molar-refractivity contribution in [3.8, 4) is 11.5 Å². The summed E-state index contributed by atoms with van der Waals surface area (Å²) < 4.78 is 39.9. The number of unbranched alkanes of at least 4 members (excludes halogenated alkanes) is 1. The highest BCUT2D eigenvalue weighted by atomic mass is 32.2. The number of carbonyl (C=O) groups is 2. The molecule has 0 saturated heterocycles. The number of ether oxygens (including phenoxy) is 2. The Balaban J connectivity index is 2.07. The first kappa shape index (κ1) is 32.5. The number of sulfonamides is 1. The van der Waals surface area contributed by atoms with Gasteiger partial charge in [-0.3, -0.25) is 13.9 Å². The van der Waals surface area contributed by atoms with Gasteiger partial charge in [-0.1, -0.05) is 55.3 Å². The van der Waals surface area contributed by atoms with E-state index in [1.807, 2.05) is 45.0 Å². The third-order valence-corrected chi connectivity index (χ3v) is 8.93. The average molecular weight is 596 g/mol. The fraction of sp³-hybridized carbons (Fsp3) is 0.375. The van der Waals surface area contributed by atoms with Crippen LogP contribution in [0.3, 0.4) is 0 Å². The van der Waals surface area contributed by atoms with Gasteiger partial charge in [0.1, 0.15) is 12.6 Å². The van der Waals surface area contributed by atoms with E-state index in [2.05, 4.69) is 5.32 Å². The third-order valence-electron chi connectivity index (χ3n) is 7.14. The van der Waals surface area contributed by atoms with Gasteiger partial charge in [0, 0.05) is 19.2 Å². The topological polar surface area (TPSA) is 105 Å². The van der Waals surface area contributed by atoms with Gasteiger partial charge >= 0.3 is 0 Å². The van der Waals surface area contributed by atoms with Gasteiger partial charge in [-0.25, -0.2) is 8.42 Å². The van der Waals surface area contributed by atoms with Crippen LogP contribution in [0.25, 0.3) is 0 Å². The first-order chi connectivity index (χ1) is 20.0. The number of amides is 2. The van der Waals surface area contributed by atoms with Gasteiger partial charge in [0.25, 0.3) is 10.0 Å². The summed E-state index contributed by atoms with van der Waals surface area (Å²) in [7, 11) is -1.26. The average Bonchev–Trinajstić information content (AvgIpc) is 2.98. The SMILES string of the molecule is CCCCNC(=O)[C@@H](C)N(Cc1ccccc1C)C(=O)CN(c1ccc(OC)c(OC)c1)S(=O)(=O)c1ccc(C)cc1. The first-order valence-corrected chi connectivity index (χ1v) is 15.4. The van der Waals surface area contributed by atoms with E-state index in [9.17, 15) is 18.0 Å². The molecule has 0 heterocycles. The molecule has 0 saturated carbocycles. The summed E-state index contributed by atoms with van der Waals surface area (Å²) >= 11 is 0. The molecule has 9 nitrogen and oxygen atoms in total. The molecule has 3 aromatic carbocycles. The molecule has 0 fully saturated rings. The molecule has 0 aliphatic carbocycles. The highest BCUT2D eigenvalue weighted by Gasteiger charge is 2.33. The summed E-state index contributed by atoms with van der Waals surface area (Å²) in [6.45, 7) is 7.58. The Morgan fingerprint density at radius 1 is 0.929 bits per heavy atom. The summed E-state index contributed by atoms with van der Waals surface area (Å²) in [5.41, 5.74) is 2.93. The lowest BCUT2D eigenvalue weighted by Crippen LogP contribution is -2.51. The zero-order chi connectivity index (χ0) is 30.9. The minimum absolute atomic E-state index is 0.0338. The fourth-order valence-electron chi connectivity index (χ4n) is 4.44. The largest absolute Gasteiger partial charge is 0.493 e. The van der Waals surface area contributed by atoms with E-state index in [0.717, 1.165) is 33.8 Å². The second-order valence-corrected chi connectivity index (χ2v) is 12.0. The number of rotatable bonds is 14. The van der Waals surface area contributed by atoms with E-state index in [1.165, 1.54) is 37.3 Å². The van der Waals surface area contributed by atoms with Crippen LogP contribution in [0.2, 0.25) is 0 Å². The van der Waals surface area contributed by atoms with Gasteiger partial charge < -0.3 is 19.7 Å². The number of methoxy groups -OCH3 is 2. The van der Waals surface area contributed by atoms with Crippen molar-refractivity contribution >= 4 is 27.5 Å². The maximum absolute atomic E-state index is 14.1. The minimum atomic E-state index is -4.20. The van der Waals surface area contributed by atoms with Crippen LogP contribution in [0, 0.1) is 13.8 Å². The van der Waals surface area contributed by atoms with Gasteiger partial charge in [-0.2, -0.15) is 0 Å². The highest BCUT2D eigenvalue weighted by Crippen LogP contribution is 2.34. The van der Waals surface area contributed by atoms with Crippen LogP contribution in [-0.2, 0) is 26.2 Å². The smallest absolute Gasteiger partial charge is 0.264 e. The highest BCUT2D eigenvalue weighted by molar-refractivity contribution is 7.92. The molecule has 0 unspecified atom stereocenters. The van der Waals surface area contributed by atoms with E-state index in [1.54, 1.807) is 31.2 Å². The van der Waals surface area contributed by atoms with Gasteiger partial charge in [0.15, 0.2) is 11.5 Å². The van der Waals surface area contributed by atoms with Gasteiger partial charge in [-0.15, -0.1) is 0 Å². The quantitative estimate of drug-likeness (QED) is 0.267. The van der Waals surface area contributed by atoms with Crippen LogP contribution in [-0.4, -0.2) is 58.5 Å². The minimum Gasteiger partial charge on any atom is -0.493 e. The van der Waals surface area contributed by atoms with Crippen molar-refractivity contribution in [1.82, 2.24) is 10.2 Å². The Morgan fingerprint density at radius 2 is 1.60 bits per heavy atom. The number of hydrogen-bond donors (Lipinski definition) is 1. The van der Waals surface area contributed by atoms with Crippen LogP contribution in [0.15, 0.2) is 71.6 Å². The maximum Gasteiger partial charge on any atom is 0.264 e. The second-order valence-electron chi connectivity index (χ2n) is 10.1. The lowest BCUT2D eigenvalue weighted by Gasteiger charge is -2.32. The van der Waals surface area contributed by atoms with Gasteiger partial charge in [-0.05, 0) is 62.6 Å². The summed E-state index contributed by atoms with van der Waals surface area (Å²) in [5, 5.41) is 2.90. The Hall–Kier alpha value is -4.05. The van der Waals surface area contributed by atoms with Crippen molar-refractivity contribution in [2.45, 2.75) is 58.0 Å². The lowest BCUT2D eigenvalue weighted by molar-refractivity contribution is -0.139. The molecule has 3 aromatic rings. The number of carbonyl (C=O) groups excluding carboxylic acids is 2. The number of benzene rings is 3. The van der Waals surface area contributed by atoms with Crippen molar-refractivity contribution in [2.24, 2.45) is 0 Å². The molecule has 0 spiro atoms. The van der Waals surface area contributed by atoms with Crippen molar-refractivity contribution in [3.63, 3.8) is 0 Å². The summed E-state index contributed by atoms with van der Waals surface area (Å²) in [6, 6.07) is 17.9. The van der Waals surface area contributed by atoms with Crippen molar-refractivity contribution in [2.75, 3.05) is 31.6 Å². The summed E-state index contributed by atoms with van der Waals surface area (Å²) in [6.07, 6.45) is 1.73. The predicted octanol–water partition coefficient (Wildman–Crippen LogP) is 4.85. The summed E-state index contributed by atoms with van der Waals surface area (Å²) in [4.78, 5) is 28.7. The number of hydrogen-bond acceptors (Lipinski definition) is 6. The van der Waals surface area contributed by atoms with Crippen LogP contribution >= 0.6 is 0 Å². The normalized spacial score (nSPS) is 11.9. The molecule has 0 bridgehead atoms. The second kappa shape index (κ2) is 14.7. The molecule has 10 heteroatoms. The predicted molar refractivity (Wildman–Crippen MR) is 164 cm³/mol. The Bertz CT molecular complexity index is 1470. The van der Waals surface area contributed by atoms with E-state index >= 15 is 0 Å². The molecular formula is C32H41N3O6S. The zero-order valence-corrected chi connectivity index (χ0v) is 26.0. The number of anilines is 1. The van der Waals surface area contributed by atoms with Crippen molar-refractivity contribution in [1.29, 1.82) is 0 Å². The molecule has 2 amide bonds. The monoisotopic (exact) mass is 595 g/mol. The van der Waals surface area contributed by atoms with Gasteiger partial charge in [0.2, 0.25) is 11.8 Å². The van der Waals surface area contributed by atoms with E-state index in [4.69, 9.17) is 9.47 Å². The molecule has 42 heavy (non-hydrogen) atoms. The zero-order valence-electron chi connectivity index (χ0n) is 25.2. The summed E-state index contributed by atoms with van der Waals surface area (Å²) in [5.74, 6) is -0.0999. The molecule has 1 N–H and O–H groups in total. The fourth-order valence-corrected chi connectivity index (χ4v) is 5.84. The van der Waals surface area contributed by atoms with Crippen LogP contribution < -0.4 is 19.1 Å². The molecule has 3 rings (SSSR count). The maximum atomic E-state index is 14.1. The Labute approximate surface area is 249 Å². The van der Waals surface area contributed by atoms with E-state index in [0.29, 0.717) is 18.0 Å². The number of aryl methyl sites for hydroxylation is 2. The van der Waals surface area contributed by atoms with Crippen LogP contribution in [0.5, 0.6) is 11.5 Å². The third kappa shape index (κ3) is 7.82. The van der Waals surface area contributed by atoms with E-state index < -0.39 is 28.5 Å². The molecule has 226 valence electrons. The molecular weight excluding hydrogens is 554 g/mol. The van der Waals surface area contributed by atoms with Crippen molar-refractivity contribution in [3.05, 3.63) is 83.4 Å². The Morgan fingerprint density at radius 3 is 2.21 bits per heavy atom. The van der Waals surface area contributed by atoms with Crippen molar-refractivity contribution < 1.29 is 27.5 Å². The molecule has 0 aliphatic rings. The number of nitrogens with one attached hydrogen (secondary N) is 1.